The minimum atomic E-state index is 0. The monoisotopic (exact) mass is 488 g/mol. The van der Waals surface area contributed by atoms with Crippen molar-refractivity contribution in [3.63, 3.8) is 0 Å². The number of rotatable bonds is 0. The smallest absolute Gasteiger partial charge is 0.0809 e. The van der Waals surface area contributed by atoms with E-state index in [-0.39, 0.29) is 30.3 Å². The van der Waals surface area contributed by atoms with E-state index in [0.29, 0.717) is 0 Å². The summed E-state index contributed by atoms with van der Waals surface area (Å²) >= 11 is 1.45. The van der Waals surface area contributed by atoms with Crippen LogP contribution in [0.15, 0.2) is 60.7 Å². The summed E-state index contributed by atoms with van der Waals surface area (Å²) in [6.45, 7) is 4.66. The van der Waals surface area contributed by atoms with Gasteiger partial charge < -0.3 is 24.8 Å². The molecule has 0 N–H and O–H groups in total. The predicted molar refractivity (Wildman–Crippen MR) is 78.6 cm³/mol. The summed E-state index contributed by atoms with van der Waals surface area (Å²) in [5.74, 6) is 0. The molecule has 2 aromatic rings. The zero-order valence-electron chi connectivity index (χ0n) is 11.7. The Morgan fingerprint density at radius 3 is 2.25 bits per heavy atom. The SMILES string of the molecule is C[Si](C)=[Hf+2].[C-]1=CC=CC1.[Cl-].[Cl-].c1ccc2[cH-]ccc2c1. The van der Waals surface area contributed by atoms with E-state index in [1.165, 1.54) is 33.8 Å². The molecule has 0 spiro atoms. The number of hydrogen-bond acceptors (Lipinski definition) is 0. The van der Waals surface area contributed by atoms with Crippen molar-refractivity contribution in [3.8, 4) is 0 Å². The number of hydrogen-bond donors (Lipinski definition) is 0. The Kier molecular flexibility index (Phi) is 15.5. The fourth-order valence-corrected chi connectivity index (χ4v) is 1.41. The molecule has 0 fully saturated rings. The van der Waals surface area contributed by atoms with Crippen LogP contribution in [0, 0.1) is 6.08 Å². The molecular weight excluding hydrogens is 470 g/mol. The molecule has 0 bridgehead atoms. The molecular formula is C16H18Cl2HfSi-2. The standard InChI is InChI=1S/C9H7.C5H5.C2H6Si.2ClH.Hf/c1-2-5-9-7-3-6-8(9)4-1;1-2-4-5-3-1;1-3-2;;;/h1-7H;1-3H,4H2;1-2H3;2*1H;/q2*-1;;;;+2/p-2. The molecule has 0 saturated heterocycles. The van der Waals surface area contributed by atoms with Crippen LogP contribution in [-0.2, 0) is 23.0 Å². The summed E-state index contributed by atoms with van der Waals surface area (Å²) in [5, 5.41) is 2.66. The predicted octanol–water partition coefficient (Wildman–Crippen LogP) is -1.34. The Morgan fingerprint density at radius 1 is 1.15 bits per heavy atom. The van der Waals surface area contributed by atoms with Crippen molar-refractivity contribution in [2.24, 2.45) is 0 Å². The molecule has 0 aliphatic heterocycles. The third-order valence-electron chi connectivity index (χ3n) is 2.13. The Bertz CT molecular complexity index is 500. The van der Waals surface area contributed by atoms with Crippen molar-refractivity contribution >= 4 is 16.3 Å². The van der Waals surface area contributed by atoms with Gasteiger partial charge in [-0.1, -0.05) is 6.07 Å². The van der Waals surface area contributed by atoms with Gasteiger partial charge in [0.25, 0.3) is 0 Å². The summed E-state index contributed by atoms with van der Waals surface area (Å²) in [5.41, 5.74) is 0.259. The molecule has 2 aromatic carbocycles. The summed E-state index contributed by atoms with van der Waals surface area (Å²) in [6, 6.07) is 14.7. The Balaban J connectivity index is 0. The zero-order valence-corrected chi connectivity index (χ0v) is 17.8. The molecule has 0 atom stereocenters. The largest absolute Gasteiger partial charge is 1.00 e. The van der Waals surface area contributed by atoms with Crippen LogP contribution in [0.1, 0.15) is 6.42 Å². The molecule has 0 radical (unpaired) electrons. The van der Waals surface area contributed by atoms with E-state index in [4.69, 9.17) is 0 Å². The first kappa shape index (κ1) is 22.3. The van der Waals surface area contributed by atoms with Crippen molar-refractivity contribution in [1.29, 1.82) is 0 Å². The molecule has 0 nitrogen and oxygen atoms in total. The molecule has 0 unspecified atom stereocenters. The number of allylic oxidation sites excluding steroid dienone is 4. The maximum absolute atomic E-state index is 2.99. The molecule has 1 aliphatic rings. The van der Waals surface area contributed by atoms with Crippen LogP contribution in [0.3, 0.4) is 0 Å². The van der Waals surface area contributed by atoms with Gasteiger partial charge in [-0.15, -0.1) is 36.1 Å². The van der Waals surface area contributed by atoms with Crippen LogP contribution in [0.25, 0.3) is 10.8 Å². The first-order valence-corrected chi connectivity index (χ1v) is 13.9. The molecule has 0 amide bonds. The van der Waals surface area contributed by atoms with Crippen molar-refractivity contribution in [3.05, 3.63) is 66.8 Å². The molecule has 0 aromatic heterocycles. The maximum atomic E-state index is 2.99. The Morgan fingerprint density at radius 2 is 1.80 bits per heavy atom. The normalized spacial score (nSPS) is 10.4. The summed E-state index contributed by atoms with van der Waals surface area (Å²) < 4.78 is 0. The Hall–Kier alpha value is -0.0230. The van der Waals surface area contributed by atoms with Gasteiger partial charge in [-0.3, -0.25) is 6.08 Å². The van der Waals surface area contributed by atoms with Crippen LogP contribution in [0.2, 0.25) is 13.1 Å². The third kappa shape index (κ3) is 10.7. The first-order chi connectivity index (χ1) is 8.70. The summed E-state index contributed by atoms with van der Waals surface area (Å²) in [7, 11) is 0. The Labute approximate surface area is 149 Å². The number of halogens is 2. The van der Waals surface area contributed by atoms with Crippen LogP contribution >= 0.6 is 0 Å². The fourth-order valence-electron chi connectivity index (χ4n) is 1.41. The van der Waals surface area contributed by atoms with Crippen molar-refractivity contribution in [2.45, 2.75) is 19.5 Å². The van der Waals surface area contributed by atoms with E-state index in [9.17, 15) is 0 Å². The van der Waals surface area contributed by atoms with E-state index in [1.807, 2.05) is 12.2 Å². The fraction of sp³-hybridized carbons (Fsp3) is 0.188. The molecule has 0 heterocycles. The van der Waals surface area contributed by atoms with Crippen LogP contribution in [-0.4, -0.2) is 5.49 Å². The molecule has 1 aliphatic carbocycles. The molecule has 0 saturated carbocycles. The number of fused-ring (bicyclic) bond motifs is 1. The van der Waals surface area contributed by atoms with Crippen LogP contribution in [0.5, 0.6) is 0 Å². The van der Waals surface area contributed by atoms with Gasteiger partial charge >= 0.3 is 41.6 Å². The minimum absolute atomic E-state index is 0. The van der Waals surface area contributed by atoms with Gasteiger partial charge in [0.15, 0.2) is 0 Å². The topological polar surface area (TPSA) is 0 Å². The first-order valence-electron chi connectivity index (χ1n) is 6.04. The second-order valence-corrected chi connectivity index (χ2v) is 16.9. The van der Waals surface area contributed by atoms with Crippen molar-refractivity contribution < 1.29 is 47.8 Å². The second kappa shape index (κ2) is 13.9. The van der Waals surface area contributed by atoms with E-state index in [2.05, 4.69) is 67.7 Å². The van der Waals surface area contributed by atoms with E-state index >= 15 is 0 Å². The van der Waals surface area contributed by atoms with Crippen LogP contribution < -0.4 is 24.8 Å². The third-order valence-corrected chi connectivity index (χ3v) is 2.13. The summed E-state index contributed by atoms with van der Waals surface area (Å²) in [4.78, 5) is 0. The molecule has 106 valence electrons. The van der Waals surface area contributed by atoms with Gasteiger partial charge in [0.05, 0.1) is 0 Å². The summed E-state index contributed by atoms with van der Waals surface area (Å²) in [6.07, 6.45) is 10.0. The van der Waals surface area contributed by atoms with Gasteiger partial charge in [-0.05, 0) is 0 Å². The number of benzene rings is 1. The average Bonchev–Trinajstić information content (AvgIpc) is 3.03. The molecule has 20 heavy (non-hydrogen) atoms. The molecule has 4 heteroatoms. The van der Waals surface area contributed by atoms with Crippen molar-refractivity contribution in [1.82, 2.24) is 0 Å². The minimum Gasteiger partial charge on any atom is -1.00 e. The van der Waals surface area contributed by atoms with E-state index in [1.54, 1.807) is 0 Å². The zero-order chi connectivity index (χ0) is 13.2. The van der Waals surface area contributed by atoms with Gasteiger partial charge in [0.1, 0.15) is 0 Å². The molecule has 3 rings (SSSR count). The van der Waals surface area contributed by atoms with Crippen LogP contribution in [0.4, 0.5) is 0 Å². The van der Waals surface area contributed by atoms with Crippen molar-refractivity contribution in [2.75, 3.05) is 0 Å². The van der Waals surface area contributed by atoms with E-state index < -0.39 is 0 Å². The maximum Gasteiger partial charge on any atom is -0.0809 e. The van der Waals surface area contributed by atoms with Gasteiger partial charge in [0, 0.05) is 0 Å². The second-order valence-electron chi connectivity index (χ2n) is 4.16. The quantitative estimate of drug-likeness (QED) is 0.319. The van der Waals surface area contributed by atoms with Gasteiger partial charge in [-0.2, -0.15) is 23.6 Å². The van der Waals surface area contributed by atoms with Gasteiger partial charge in [-0.25, -0.2) is 12.2 Å². The van der Waals surface area contributed by atoms with E-state index in [0.717, 1.165) is 6.42 Å². The van der Waals surface area contributed by atoms with Gasteiger partial charge in [0.2, 0.25) is 0 Å². The average molecular weight is 488 g/mol.